The van der Waals surface area contributed by atoms with Crippen LogP contribution in [0.5, 0.6) is 17.2 Å². The van der Waals surface area contributed by atoms with E-state index in [4.69, 9.17) is 9.47 Å². The molecular weight excluding hydrogens is 398 g/mol. The van der Waals surface area contributed by atoms with Crippen LogP contribution in [0.1, 0.15) is 15.9 Å². The van der Waals surface area contributed by atoms with Crippen molar-refractivity contribution in [1.82, 2.24) is 5.32 Å². The number of benzene rings is 3. The molecule has 3 aromatic carbocycles. The van der Waals surface area contributed by atoms with Gasteiger partial charge in [-0.2, -0.15) is 0 Å². The van der Waals surface area contributed by atoms with Crippen LogP contribution in [0.4, 0.5) is 0 Å². The molecule has 0 atom stereocenters. The van der Waals surface area contributed by atoms with Crippen LogP contribution in [-0.2, 0) is 6.54 Å². The molecule has 0 fully saturated rings. The van der Waals surface area contributed by atoms with Crippen LogP contribution in [0, 0.1) is 0 Å². The minimum Gasteiger partial charge on any atom is -0.503 e. The first-order valence-electron chi connectivity index (χ1n) is 7.93. The van der Waals surface area contributed by atoms with Gasteiger partial charge in [-0.25, -0.2) is 0 Å². The molecule has 2 N–H and O–H groups in total. The van der Waals surface area contributed by atoms with Crippen LogP contribution in [-0.4, -0.2) is 25.2 Å². The first-order chi connectivity index (χ1) is 12.5. The Morgan fingerprint density at radius 2 is 1.77 bits per heavy atom. The van der Waals surface area contributed by atoms with Crippen LogP contribution >= 0.6 is 15.9 Å². The molecule has 0 bridgehead atoms. The Bertz CT molecular complexity index is 971. The maximum Gasteiger partial charge on any atom is 0.251 e. The Labute approximate surface area is 159 Å². The van der Waals surface area contributed by atoms with Crippen molar-refractivity contribution in [3.63, 3.8) is 0 Å². The summed E-state index contributed by atoms with van der Waals surface area (Å²) in [6.45, 7) is 0.390. The highest BCUT2D eigenvalue weighted by Crippen LogP contribution is 2.35. The maximum absolute atomic E-state index is 12.4. The van der Waals surface area contributed by atoms with Gasteiger partial charge in [-0.15, -0.1) is 0 Å². The monoisotopic (exact) mass is 415 g/mol. The van der Waals surface area contributed by atoms with Gasteiger partial charge in [0.25, 0.3) is 5.91 Å². The SMILES string of the molecule is COc1ccc2cc(CNC(=O)c3cc(Br)c(O)c(OC)c3)ccc2c1. The van der Waals surface area contributed by atoms with E-state index in [1.807, 2.05) is 36.4 Å². The molecule has 0 saturated carbocycles. The number of hydrogen-bond donors (Lipinski definition) is 2. The lowest BCUT2D eigenvalue weighted by Gasteiger charge is -2.10. The minimum atomic E-state index is -0.251. The van der Waals surface area contributed by atoms with E-state index in [0.717, 1.165) is 22.1 Å². The first kappa shape index (κ1) is 18.1. The van der Waals surface area contributed by atoms with Gasteiger partial charge in [-0.1, -0.05) is 18.2 Å². The van der Waals surface area contributed by atoms with Crippen molar-refractivity contribution in [2.24, 2.45) is 0 Å². The number of ether oxygens (including phenoxy) is 2. The number of rotatable bonds is 5. The smallest absolute Gasteiger partial charge is 0.251 e. The Morgan fingerprint density at radius 1 is 1.04 bits per heavy atom. The van der Waals surface area contributed by atoms with E-state index in [2.05, 4.69) is 21.2 Å². The molecule has 0 radical (unpaired) electrons. The third-order valence-corrected chi connectivity index (χ3v) is 4.68. The van der Waals surface area contributed by atoms with Crippen LogP contribution in [0.2, 0.25) is 0 Å². The van der Waals surface area contributed by atoms with Gasteiger partial charge in [-0.05, 0) is 62.6 Å². The predicted octanol–water partition coefficient (Wildman–Crippen LogP) is 4.26. The summed E-state index contributed by atoms with van der Waals surface area (Å²) in [4.78, 5) is 12.4. The summed E-state index contributed by atoms with van der Waals surface area (Å²) in [5.74, 6) is 0.766. The highest BCUT2D eigenvalue weighted by Gasteiger charge is 2.13. The number of hydrogen-bond acceptors (Lipinski definition) is 4. The standard InChI is InChI=1S/C20H18BrNO4/c1-25-16-6-5-13-7-12(3-4-14(13)8-16)11-22-20(24)15-9-17(21)19(23)18(10-15)26-2/h3-10,23H,11H2,1-2H3,(H,22,24). The Hall–Kier alpha value is -2.73. The van der Waals surface area contributed by atoms with Crippen molar-refractivity contribution in [3.8, 4) is 17.2 Å². The molecule has 5 nitrogen and oxygen atoms in total. The van der Waals surface area contributed by atoms with Gasteiger partial charge in [0.15, 0.2) is 11.5 Å². The summed E-state index contributed by atoms with van der Waals surface area (Å²) in [5, 5.41) is 14.9. The lowest BCUT2D eigenvalue weighted by Crippen LogP contribution is -2.22. The van der Waals surface area contributed by atoms with Crippen LogP contribution in [0.3, 0.4) is 0 Å². The molecule has 134 valence electrons. The number of carbonyl (C=O) groups excluding carboxylic acids is 1. The fourth-order valence-electron chi connectivity index (χ4n) is 2.66. The van der Waals surface area contributed by atoms with Crippen molar-refractivity contribution in [3.05, 3.63) is 64.1 Å². The number of fused-ring (bicyclic) bond motifs is 1. The third kappa shape index (κ3) is 3.75. The average molecular weight is 416 g/mol. The van der Waals surface area contributed by atoms with E-state index in [0.29, 0.717) is 16.6 Å². The zero-order chi connectivity index (χ0) is 18.7. The highest BCUT2D eigenvalue weighted by atomic mass is 79.9. The van der Waals surface area contributed by atoms with Gasteiger partial charge in [0.05, 0.1) is 18.7 Å². The number of phenolic OH excluding ortho intramolecular Hbond substituents is 1. The van der Waals surface area contributed by atoms with E-state index >= 15 is 0 Å². The van der Waals surface area contributed by atoms with Gasteiger partial charge >= 0.3 is 0 Å². The normalized spacial score (nSPS) is 10.6. The van der Waals surface area contributed by atoms with Crippen molar-refractivity contribution in [2.75, 3.05) is 14.2 Å². The number of amides is 1. The average Bonchev–Trinajstić information content (AvgIpc) is 2.67. The van der Waals surface area contributed by atoms with E-state index in [9.17, 15) is 9.90 Å². The molecule has 0 aliphatic rings. The van der Waals surface area contributed by atoms with Crippen molar-refractivity contribution in [1.29, 1.82) is 0 Å². The third-order valence-electron chi connectivity index (χ3n) is 4.08. The summed E-state index contributed by atoms with van der Waals surface area (Å²) < 4.78 is 10.7. The first-order valence-corrected chi connectivity index (χ1v) is 8.72. The molecular formula is C20H18BrNO4. The Balaban J connectivity index is 1.75. The number of aromatic hydroxyl groups is 1. The van der Waals surface area contributed by atoms with E-state index in [1.54, 1.807) is 13.2 Å². The summed E-state index contributed by atoms with van der Waals surface area (Å²) >= 11 is 3.22. The zero-order valence-electron chi connectivity index (χ0n) is 14.4. The number of halogens is 1. The van der Waals surface area contributed by atoms with Gasteiger partial charge in [-0.3, -0.25) is 4.79 Å². The highest BCUT2D eigenvalue weighted by molar-refractivity contribution is 9.10. The predicted molar refractivity (Wildman–Crippen MR) is 104 cm³/mol. The van der Waals surface area contributed by atoms with Gasteiger partial charge in [0.1, 0.15) is 5.75 Å². The molecule has 3 aromatic rings. The van der Waals surface area contributed by atoms with E-state index in [1.165, 1.54) is 13.2 Å². The number of carbonyl (C=O) groups is 1. The van der Waals surface area contributed by atoms with Crippen molar-refractivity contribution in [2.45, 2.75) is 6.54 Å². The van der Waals surface area contributed by atoms with Crippen molar-refractivity contribution < 1.29 is 19.4 Å². The molecule has 0 spiro atoms. The molecule has 3 rings (SSSR count). The molecule has 0 heterocycles. The molecule has 0 aromatic heterocycles. The summed E-state index contributed by atoms with van der Waals surface area (Å²) in [6, 6.07) is 14.9. The molecule has 1 amide bonds. The summed E-state index contributed by atoms with van der Waals surface area (Å²) in [6.07, 6.45) is 0. The van der Waals surface area contributed by atoms with Gasteiger partial charge < -0.3 is 19.9 Å². The fourth-order valence-corrected chi connectivity index (χ4v) is 3.10. The number of phenols is 1. The van der Waals surface area contributed by atoms with Crippen LogP contribution in [0.25, 0.3) is 10.8 Å². The van der Waals surface area contributed by atoms with Crippen molar-refractivity contribution >= 4 is 32.6 Å². The van der Waals surface area contributed by atoms with E-state index in [-0.39, 0.29) is 17.4 Å². The lowest BCUT2D eigenvalue weighted by molar-refractivity contribution is 0.0950. The minimum absolute atomic E-state index is 0.0333. The second kappa shape index (κ2) is 7.66. The van der Waals surface area contributed by atoms with Crippen LogP contribution < -0.4 is 14.8 Å². The number of methoxy groups -OCH3 is 2. The molecule has 6 heteroatoms. The summed E-state index contributed by atoms with van der Waals surface area (Å²) in [7, 11) is 3.08. The Morgan fingerprint density at radius 3 is 2.50 bits per heavy atom. The maximum atomic E-state index is 12.4. The number of nitrogens with one attached hydrogen (secondary N) is 1. The van der Waals surface area contributed by atoms with Gasteiger partial charge in [0, 0.05) is 12.1 Å². The second-order valence-electron chi connectivity index (χ2n) is 5.74. The molecule has 0 aliphatic heterocycles. The molecule has 0 unspecified atom stereocenters. The van der Waals surface area contributed by atoms with E-state index < -0.39 is 0 Å². The molecule has 0 saturated heterocycles. The van der Waals surface area contributed by atoms with Crippen LogP contribution in [0.15, 0.2) is 53.0 Å². The quantitative estimate of drug-likeness (QED) is 0.653. The Kier molecular flexibility index (Phi) is 5.32. The molecule has 0 aliphatic carbocycles. The molecule has 26 heavy (non-hydrogen) atoms. The van der Waals surface area contributed by atoms with Gasteiger partial charge in [0.2, 0.25) is 0 Å². The summed E-state index contributed by atoms with van der Waals surface area (Å²) in [5.41, 5.74) is 1.39. The zero-order valence-corrected chi connectivity index (χ0v) is 16.0. The fraction of sp³-hybridized carbons (Fsp3) is 0.150. The largest absolute Gasteiger partial charge is 0.503 e. The topological polar surface area (TPSA) is 67.8 Å². The second-order valence-corrected chi connectivity index (χ2v) is 6.59. The lowest BCUT2D eigenvalue weighted by atomic mass is 10.1.